The summed E-state index contributed by atoms with van der Waals surface area (Å²) in [4.78, 5) is 9.49. The van der Waals surface area contributed by atoms with Crippen LogP contribution in [0.5, 0.6) is 0 Å². The molecule has 0 radical (unpaired) electrons. The fourth-order valence-corrected chi connectivity index (χ4v) is 2.10. The van der Waals surface area contributed by atoms with Crippen molar-refractivity contribution in [3.05, 3.63) is 23.3 Å². The van der Waals surface area contributed by atoms with Gasteiger partial charge in [-0.2, -0.15) is 5.10 Å². The first-order valence-corrected chi connectivity index (χ1v) is 5.68. The first kappa shape index (κ1) is 10.5. The largest absolute Gasteiger partial charge is 0.265 e. The lowest BCUT2D eigenvalue weighted by Crippen LogP contribution is -2.20. The Kier molecular flexibility index (Phi) is 2.70. The molecule has 0 amide bonds. The minimum Gasteiger partial charge on any atom is -0.265 e. The third-order valence-corrected chi connectivity index (χ3v) is 2.81. The summed E-state index contributed by atoms with van der Waals surface area (Å²) in [5, 5.41) is 5.22. The number of nitrogens with one attached hydrogen (secondary N) is 1. The molecule has 0 aromatic carbocycles. The van der Waals surface area contributed by atoms with E-state index in [9.17, 15) is 0 Å². The number of hydrogen-bond acceptors (Lipinski definition) is 5. The lowest BCUT2D eigenvalue weighted by Gasteiger charge is -2.11. The van der Waals surface area contributed by atoms with Gasteiger partial charge in [0.25, 0.3) is 0 Å². The van der Waals surface area contributed by atoms with Crippen molar-refractivity contribution < 1.29 is 4.84 Å². The maximum atomic E-state index is 5.34. The number of aryl methyl sites for hydroxylation is 1. The molecule has 0 aliphatic carbocycles. The SMILES string of the molecule is Cn1cnc(CSC2=CC(C)(C)ON2)n1. The van der Waals surface area contributed by atoms with Gasteiger partial charge in [-0.1, -0.05) is 11.8 Å². The normalized spacial score (nSPS) is 18.7. The highest BCUT2D eigenvalue weighted by molar-refractivity contribution is 8.02. The lowest BCUT2D eigenvalue weighted by molar-refractivity contribution is -0.0126. The van der Waals surface area contributed by atoms with Crippen LogP contribution in [0.2, 0.25) is 0 Å². The molecule has 2 rings (SSSR count). The summed E-state index contributed by atoms with van der Waals surface area (Å²) in [5.74, 6) is 1.58. The van der Waals surface area contributed by atoms with E-state index in [1.807, 2.05) is 20.9 Å². The zero-order chi connectivity index (χ0) is 10.9. The van der Waals surface area contributed by atoms with Crippen molar-refractivity contribution in [2.75, 3.05) is 0 Å². The highest BCUT2D eigenvalue weighted by Crippen LogP contribution is 2.27. The van der Waals surface area contributed by atoms with Crippen molar-refractivity contribution in [3.63, 3.8) is 0 Å². The summed E-state index contributed by atoms with van der Waals surface area (Å²) in [5.41, 5.74) is 2.66. The Bertz CT molecular complexity index is 385. The zero-order valence-corrected chi connectivity index (χ0v) is 9.84. The molecule has 0 fully saturated rings. The number of aromatic nitrogens is 3. The van der Waals surface area contributed by atoms with Gasteiger partial charge in [-0.3, -0.25) is 15.0 Å². The van der Waals surface area contributed by atoms with Crippen LogP contribution in [-0.2, 0) is 17.6 Å². The van der Waals surface area contributed by atoms with E-state index in [0.717, 1.165) is 16.6 Å². The Morgan fingerprint density at radius 2 is 2.40 bits per heavy atom. The predicted octanol–water partition coefficient (Wildman–Crippen LogP) is 1.20. The van der Waals surface area contributed by atoms with E-state index in [1.165, 1.54) is 0 Å². The Balaban J connectivity index is 1.89. The number of rotatable bonds is 3. The molecule has 0 saturated heterocycles. The second kappa shape index (κ2) is 3.86. The minimum absolute atomic E-state index is 0.222. The molecule has 15 heavy (non-hydrogen) atoms. The second-order valence-electron chi connectivity index (χ2n) is 3.94. The summed E-state index contributed by atoms with van der Waals surface area (Å²) in [6.07, 6.45) is 3.76. The van der Waals surface area contributed by atoms with Gasteiger partial charge in [0.15, 0.2) is 5.82 Å². The van der Waals surface area contributed by atoms with E-state index in [1.54, 1.807) is 22.8 Å². The Labute approximate surface area is 92.9 Å². The van der Waals surface area contributed by atoms with E-state index in [0.29, 0.717) is 0 Å². The van der Waals surface area contributed by atoms with E-state index in [-0.39, 0.29) is 5.60 Å². The van der Waals surface area contributed by atoms with Gasteiger partial charge < -0.3 is 0 Å². The lowest BCUT2D eigenvalue weighted by atomic mass is 10.1. The number of hydroxylamine groups is 1. The van der Waals surface area contributed by atoms with Crippen molar-refractivity contribution in [1.29, 1.82) is 0 Å². The summed E-state index contributed by atoms with van der Waals surface area (Å²) < 4.78 is 1.70. The molecule has 0 unspecified atom stereocenters. The third kappa shape index (κ3) is 2.73. The van der Waals surface area contributed by atoms with E-state index < -0.39 is 0 Å². The van der Waals surface area contributed by atoms with E-state index >= 15 is 0 Å². The van der Waals surface area contributed by atoms with Gasteiger partial charge in [-0.25, -0.2) is 4.98 Å². The van der Waals surface area contributed by atoms with Crippen molar-refractivity contribution in [2.24, 2.45) is 7.05 Å². The molecular formula is C9H14N4OS. The fourth-order valence-electron chi connectivity index (χ4n) is 1.22. The van der Waals surface area contributed by atoms with Crippen LogP contribution in [0.4, 0.5) is 0 Å². The van der Waals surface area contributed by atoms with Gasteiger partial charge in [0, 0.05) is 7.05 Å². The fraction of sp³-hybridized carbons (Fsp3) is 0.556. The molecule has 6 heteroatoms. The second-order valence-corrected chi connectivity index (χ2v) is 4.96. The minimum atomic E-state index is -0.222. The molecule has 0 atom stereocenters. The van der Waals surface area contributed by atoms with Crippen LogP contribution in [0.3, 0.4) is 0 Å². The van der Waals surface area contributed by atoms with Crippen molar-refractivity contribution in [3.8, 4) is 0 Å². The van der Waals surface area contributed by atoms with Gasteiger partial charge in [0.05, 0.1) is 10.8 Å². The highest BCUT2D eigenvalue weighted by Gasteiger charge is 2.24. The van der Waals surface area contributed by atoms with Crippen molar-refractivity contribution in [1.82, 2.24) is 20.2 Å². The summed E-state index contributed by atoms with van der Waals surface area (Å²) in [7, 11) is 1.86. The monoisotopic (exact) mass is 226 g/mol. The Hall–Kier alpha value is -1.01. The number of nitrogens with zero attached hydrogens (tertiary/aromatic N) is 3. The molecule has 82 valence electrons. The smallest absolute Gasteiger partial charge is 0.160 e. The topological polar surface area (TPSA) is 52.0 Å². The predicted molar refractivity (Wildman–Crippen MR) is 58.7 cm³/mol. The van der Waals surface area contributed by atoms with E-state index in [4.69, 9.17) is 4.84 Å². The maximum absolute atomic E-state index is 5.34. The standard InChI is InChI=1S/C9H14N4OS/c1-9(2)4-8(12-14-9)15-5-7-10-6-13(3)11-7/h4,6,12H,5H2,1-3H3. The van der Waals surface area contributed by atoms with Gasteiger partial charge in [0.1, 0.15) is 11.9 Å². The van der Waals surface area contributed by atoms with Gasteiger partial charge in [-0.05, 0) is 19.9 Å². The van der Waals surface area contributed by atoms with Crippen LogP contribution in [0.25, 0.3) is 0 Å². The average Bonchev–Trinajstić information content (AvgIpc) is 2.69. The summed E-state index contributed by atoms with van der Waals surface area (Å²) >= 11 is 1.64. The highest BCUT2D eigenvalue weighted by atomic mass is 32.2. The number of thioether (sulfide) groups is 1. The van der Waals surface area contributed by atoms with Gasteiger partial charge in [0.2, 0.25) is 0 Å². The van der Waals surface area contributed by atoms with Crippen molar-refractivity contribution >= 4 is 11.8 Å². The summed E-state index contributed by atoms with van der Waals surface area (Å²) in [6, 6.07) is 0. The molecule has 1 N–H and O–H groups in total. The van der Waals surface area contributed by atoms with Crippen LogP contribution in [0, 0.1) is 0 Å². The Morgan fingerprint density at radius 1 is 1.60 bits per heavy atom. The molecule has 1 aromatic rings. The quantitative estimate of drug-likeness (QED) is 0.839. The van der Waals surface area contributed by atoms with Crippen LogP contribution in [0.1, 0.15) is 19.7 Å². The van der Waals surface area contributed by atoms with Crippen LogP contribution < -0.4 is 5.48 Å². The molecule has 0 saturated carbocycles. The van der Waals surface area contributed by atoms with Crippen LogP contribution >= 0.6 is 11.8 Å². The van der Waals surface area contributed by atoms with Gasteiger partial charge in [-0.15, -0.1) is 0 Å². The van der Waals surface area contributed by atoms with Crippen LogP contribution in [0.15, 0.2) is 17.4 Å². The molecule has 1 aliphatic heterocycles. The third-order valence-electron chi connectivity index (χ3n) is 1.90. The first-order valence-electron chi connectivity index (χ1n) is 4.69. The average molecular weight is 226 g/mol. The first-order chi connectivity index (χ1) is 7.05. The van der Waals surface area contributed by atoms with E-state index in [2.05, 4.69) is 21.6 Å². The Morgan fingerprint density at radius 3 is 2.93 bits per heavy atom. The van der Waals surface area contributed by atoms with Crippen molar-refractivity contribution in [2.45, 2.75) is 25.2 Å². The molecule has 1 aliphatic rings. The molecule has 0 spiro atoms. The number of hydrogen-bond donors (Lipinski definition) is 1. The molecular weight excluding hydrogens is 212 g/mol. The summed E-state index contributed by atoms with van der Waals surface area (Å²) in [6.45, 7) is 4.01. The molecule has 0 bridgehead atoms. The molecule has 1 aromatic heterocycles. The van der Waals surface area contributed by atoms with Gasteiger partial charge >= 0.3 is 0 Å². The molecule has 5 nitrogen and oxygen atoms in total. The maximum Gasteiger partial charge on any atom is 0.160 e. The van der Waals surface area contributed by atoms with Crippen LogP contribution in [-0.4, -0.2) is 20.4 Å². The molecule has 2 heterocycles. The zero-order valence-electron chi connectivity index (χ0n) is 9.02.